The Morgan fingerprint density at radius 2 is 1.91 bits per heavy atom. The second-order valence-corrected chi connectivity index (χ2v) is 7.35. The van der Waals surface area contributed by atoms with E-state index in [9.17, 15) is 5.11 Å². The van der Waals surface area contributed by atoms with Gasteiger partial charge in [0.25, 0.3) is 0 Å². The summed E-state index contributed by atoms with van der Waals surface area (Å²) in [7, 11) is 0. The second-order valence-electron chi connectivity index (χ2n) is 5.98. The zero-order chi connectivity index (χ0) is 16.7. The lowest BCUT2D eigenvalue weighted by atomic mass is 10.2. The molecule has 0 saturated carbocycles. The van der Waals surface area contributed by atoms with Gasteiger partial charge in [0.2, 0.25) is 0 Å². The van der Waals surface area contributed by atoms with Gasteiger partial charge in [-0.3, -0.25) is 4.90 Å². The fourth-order valence-corrected chi connectivity index (χ4v) is 3.38. The molecule has 0 saturated heterocycles. The lowest BCUT2D eigenvalue weighted by molar-refractivity contribution is 0.0510. The Morgan fingerprint density at radius 1 is 1.17 bits per heavy atom. The molecule has 4 heteroatoms. The van der Waals surface area contributed by atoms with Crippen LogP contribution in [0.4, 0.5) is 0 Å². The third-order valence-electron chi connectivity index (χ3n) is 4.00. The van der Waals surface area contributed by atoms with Gasteiger partial charge in [-0.2, -0.15) is 0 Å². The van der Waals surface area contributed by atoms with Crippen LogP contribution in [0.15, 0.2) is 42.5 Å². The number of hydrogen-bond acceptors (Lipinski definition) is 4. The minimum atomic E-state index is -0.495. The van der Waals surface area contributed by atoms with E-state index in [0.717, 1.165) is 18.7 Å². The lowest BCUT2D eigenvalue weighted by Gasteiger charge is -2.30. The molecule has 1 aromatic carbocycles. The topological polar surface area (TPSA) is 32.7 Å². The van der Waals surface area contributed by atoms with E-state index in [1.54, 1.807) is 0 Å². The fourth-order valence-electron chi connectivity index (χ4n) is 2.46. The van der Waals surface area contributed by atoms with Gasteiger partial charge in [0.1, 0.15) is 18.5 Å². The van der Waals surface area contributed by atoms with Crippen LogP contribution in [0.2, 0.25) is 0 Å². The van der Waals surface area contributed by atoms with Gasteiger partial charge in [-0.15, -0.1) is 11.3 Å². The van der Waals surface area contributed by atoms with Crippen LogP contribution in [-0.2, 0) is 6.54 Å². The number of aliphatic hydroxyl groups is 1. The maximum absolute atomic E-state index is 10.3. The highest BCUT2D eigenvalue weighted by Gasteiger charge is 2.18. The Bertz CT molecular complexity index is 570. The Kier molecular flexibility index (Phi) is 7.09. The molecule has 0 aliphatic heterocycles. The van der Waals surface area contributed by atoms with Crippen molar-refractivity contribution >= 4 is 11.3 Å². The standard InChI is InChI=1S/C19H27NO2S/c1-4-15(2)20(13-19-11-10-16(3)23-19)12-17(21)14-22-18-8-6-5-7-9-18/h5-11,15,17,21H,4,12-14H2,1-3H3/t15-,17-/m1/s1. The van der Waals surface area contributed by atoms with Crippen molar-refractivity contribution in [3.05, 3.63) is 52.2 Å². The zero-order valence-electron chi connectivity index (χ0n) is 14.2. The summed E-state index contributed by atoms with van der Waals surface area (Å²) in [4.78, 5) is 5.01. The highest BCUT2D eigenvalue weighted by molar-refractivity contribution is 7.11. The molecule has 0 unspecified atom stereocenters. The van der Waals surface area contributed by atoms with Gasteiger partial charge < -0.3 is 9.84 Å². The smallest absolute Gasteiger partial charge is 0.119 e. The molecule has 2 aromatic rings. The van der Waals surface area contributed by atoms with Crippen molar-refractivity contribution in [2.45, 2.75) is 45.9 Å². The number of thiophene rings is 1. The molecular weight excluding hydrogens is 306 g/mol. The summed E-state index contributed by atoms with van der Waals surface area (Å²) >= 11 is 1.83. The predicted octanol–water partition coefficient (Wildman–Crippen LogP) is 4.10. The van der Waals surface area contributed by atoms with Gasteiger partial charge >= 0.3 is 0 Å². The molecule has 0 aliphatic rings. The average molecular weight is 333 g/mol. The van der Waals surface area contributed by atoms with Crippen LogP contribution in [-0.4, -0.2) is 35.3 Å². The Morgan fingerprint density at radius 3 is 2.52 bits per heavy atom. The third kappa shape index (κ3) is 5.98. The first-order chi connectivity index (χ1) is 11.1. The molecular formula is C19H27NO2S. The molecule has 1 N–H and O–H groups in total. The molecule has 0 aliphatic carbocycles. The summed E-state index contributed by atoms with van der Waals surface area (Å²) in [5.74, 6) is 0.801. The molecule has 1 aromatic heterocycles. The molecule has 1 heterocycles. The van der Waals surface area contributed by atoms with E-state index < -0.39 is 6.10 Å². The van der Waals surface area contributed by atoms with Gasteiger partial charge in [0.15, 0.2) is 0 Å². The number of nitrogens with zero attached hydrogens (tertiary/aromatic N) is 1. The first-order valence-electron chi connectivity index (χ1n) is 8.23. The number of rotatable bonds is 9. The van der Waals surface area contributed by atoms with Gasteiger partial charge in [0.05, 0.1) is 0 Å². The van der Waals surface area contributed by atoms with Crippen molar-refractivity contribution in [3.63, 3.8) is 0 Å². The van der Waals surface area contributed by atoms with E-state index >= 15 is 0 Å². The molecule has 2 atom stereocenters. The normalized spacial score (nSPS) is 14.0. The zero-order valence-corrected chi connectivity index (χ0v) is 15.1. The molecule has 126 valence electrons. The summed E-state index contributed by atoms with van der Waals surface area (Å²) in [6.45, 7) is 8.36. The van der Waals surface area contributed by atoms with Crippen molar-refractivity contribution in [2.75, 3.05) is 13.2 Å². The molecule has 0 bridgehead atoms. The maximum Gasteiger partial charge on any atom is 0.119 e. The van der Waals surface area contributed by atoms with Gasteiger partial charge in [-0.05, 0) is 44.5 Å². The van der Waals surface area contributed by atoms with E-state index in [1.807, 2.05) is 41.7 Å². The summed E-state index contributed by atoms with van der Waals surface area (Å²) in [5.41, 5.74) is 0. The fraction of sp³-hybridized carbons (Fsp3) is 0.474. The lowest BCUT2D eigenvalue weighted by Crippen LogP contribution is -2.40. The monoisotopic (exact) mass is 333 g/mol. The van der Waals surface area contributed by atoms with Crippen molar-refractivity contribution in [3.8, 4) is 5.75 Å². The summed E-state index contributed by atoms with van der Waals surface area (Å²) in [6, 6.07) is 14.4. The van der Waals surface area contributed by atoms with E-state index in [0.29, 0.717) is 19.2 Å². The highest BCUT2D eigenvalue weighted by Crippen LogP contribution is 2.19. The van der Waals surface area contributed by atoms with Crippen molar-refractivity contribution in [1.82, 2.24) is 4.90 Å². The highest BCUT2D eigenvalue weighted by atomic mass is 32.1. The number of ether oxygens (including phenoxy) is 1. The van der Waals surface area contributed by atoms with Crippen LogP contribution in [0.1, 0.15) is 30.0 Å². The molecule has 3 nitrogen and oxygen atoms in total. The van der Waals surface area contributed by atoms with Crippen molar-refractivity contribution in [2.24, 2.45) is 0 Å². The first-order valence-corrected chi connectivity index (χ1v) is 9.05. The second kappa shape index (κ2) is 9.06. The number of para-hydroxylation sites is 1. The van der Waals surface area contributed by atoms with Crippen LogP contribution >= 0.6 is 11.3 Å². The van der Waals surface area contributed by atoms with Crippen molar-refractivity contribution in [1.29, 1.82) is 0 Å². The molecule has 0 fully saturated rings. The largest absolute Gasteiger partial charge is 0.491 e. The Labute approximate surface area is 143 Å². The molecule has 0 spiro atoms. The van der Waals surface area contributed by atoms with Gasteiger partial charge in [-0.1, -0.05) is 25.1 Å². The van der Waals surface area contributed by atoms with Crippen LogP contribution in [0.25, 0.3) is 0 Å². The SMILES string of the molecule is CC[C@@H](C)N(Cc1ccc(C)s1)C[C@@H](O)COc1ccccc1. The van der Waals surface area contributed by atoms with E-state index in [1.165, 1.54) is 9.75 Å². The molecule has 23 heavy (non-hydrogen) atoms. The number of aryl methyl sites for hydroxylation is 1. The minimum Gasteiger partial charge on any atom is -0.491 e. The average Bonchev–Trinajstić information content (AvgIpc) is 2.97. The van der Waals surface area contributed by atoms with Crippen LogP contribution in [0.5, 0.6) is 5.75 Å². The Hall–Kier alpha value is -1.36. The quantitative estimate of drug-likeness (QED) is 0.750. The van der Waals surface area contributed by atoms with E-state index in [4.69, 9.17) is 4.74 Å². The molecule has 0 amide bonds. The van der Waals surface area contributed by atoms with Crippen LogP contribution in [0, 0.1) is 6.92 Å². The van der Waals surface area contributed by atoms with Gasteiger partial charge in [-0.25, -0.2) is 0 Å². The summed E-state index contributed by atoms with van der Waals surface area (Å²) in [6.07, 6.45) is 0.571. The van der Waals surface area contributed by atoms with E-state index in [-0.39, 0.29) is 0 Å². The van der Waals surface area contributed by atoms with Crippen LogP contribution < -0.4 is 4.74 Å². The predicted molar refractivity (Wildman–Crippen MR) is 97.2 cm³/mol. The van der Waals surface area contributed by atoms with Crippen molar-refractivity contribution < 1.29 is 9.84 Å². The Balaban J connectivity index is 1.88. The van der Waals surface area contributed by atoms with Gasteiger partial charge in [0, 0.05) is 28.9 Å². The summed E-state index contributed by atoms with van der Waals surface area (Å²) < 4.78 is 5.66. The maximum atomic E-state index is 10.3. The molecule has 2 rings (SSSR count). The molecule has 0 radical (unpaired) electrons. The minimum absolute atomic E-state index is 0.320. The number of aliphatic hydroxyl groups excluding tert-OH is 1. The van der Waals surface area contributed by atoms with E-state index in [2.05, 4.69) is 37.8 Å². The number of benzene rings is 1. The number of hydrogen-bond donors (Lipinski definition) is 1. The third-order valence-corrected chi connectivity index (χ3v) is 4.99. The van der Waals surface area contributed by atoms with Crippen LogP contribution in [0.3, 0.4) is 0 Å². The first kappa shape index (κ1) is 18.0. The summed E-state index contributed by atoms with van der Waals surface area (Å²) in [5, 5.41) is 10.3.